The Morgan fingerprint density at radius 3 is 2.90 bits per heavy atom. The van der Waals surface area contributed by atoms with Crippen molar-refractivity contribution in [2.75, 3.05) is 0 Å². The van der Waals surface area contributed by atoms with Gasteiger partial charge in [0.05, 0.1) is 5.02 Å². The van der Waals surface area contributed by atoms with E-state index in [1.54, 1.807) is 0 Å². The zero-order valence-corrected chi connectivity index (χ0v) is 6.79. The van der Waals surface area contributed by atoms with Crippen LogP contribution >= 0.6 is 22.9 Å². The molecule has 0 radical (unpaired) electrons. The molecule has 0 spiro atoms. The summed E-state index contributed by atoms with van der Waals surface area (Å²) in [6.45, 7) is 1.86. The number of nitrogens with zero attached hydrogens (tertiary/aromatic N) is 1. The van der Waals surface area contributed by atoms with Gasteiger partial charge < -0.3 is 0 Å². The predicted molar refractivity (Wildman–Crippen MR) is 41.8 cm³/mol. The van der Waals surface area contributed by atoms with Crippen molar-refractivity contribution in [1.29, 1.82) is 0 Å². The van der Waals surface area contributed by atoms with Crippen molar-refractivity contribution in [1.82, 2.24) is 0 Å². The maximum Gasteiger partial charge on any atom is 0.241 e. The summed E-state index contributed by atoms with van der Waals surface area (Å²) in [5.74, 6) is 0. The molecule has 0 aliphatic carbocycles. The van der Waals surface area contributed by atoms with Gasteiger partial charge in [-0.15, -0.1) is 11.3 Å². The summed E-state index contributed by atoms with van der Waals surface area (Å²) in [5, 5.41) is 2.93. The van der Waals surface area contributed by atoms with Crippen molar-refractivity contribution in [2.45, 2.75) is 6.92 Å². The third kappa shape index (κ3) is 1.27. The van der Waals surface area contributed by atoms with Gasteiger partial charge >= 0.3 is 0 Å². The van der Waals surface area contributed by atoms with Crippen LogP contribution in [0.2, 0.25) is 5.02 Å². The van der Waals surface area contributed by atoms with Gasteiger partial charge in [-0.25, -0.2) is 4.79 Å². The summed E-state index contributed by atoms with van der Waals surface area (Å²) >= 11 is 7.06. The van der Waals surface area contributed by atoms with E-state index in [4.69, 9.17) is 11.6 Å². The van der Waals surface area contributed by atoms with Crippen LogP contribution in [-0.4, -0.2) is 6.08 Å². The minimum atomic E-state index is 0.536. The predicted octanol–water partition coefficient (Wildman–Crippen LogP) is 2.68. The van der Waals surface area contributed by atoms with E-state index in [-0.39, 0.29) is 0 Å². The van der Waals surface area contributed by atoms with Crippen LogP contribution in [0, 0.1) is 6.92 Å². The number of aryl methyl sites for hydroxylation is 1. The molecule has 4 heteroatoms. The number of carbonyl (C=O) groups excluding carboxylic acids is 1. The van der Waals surface area contributed by atoms with Crippen molar-refractivity contribution < 1.29 is 4.79 Å². The molecule has 2 nitrogen and oxygen atoms in total. The van der Waals surface area contributed by atoms with Crippen molar-refractivity contribution in [3.05, 3.63) is 16.0 Å². The normalized spacial score (nSPS) is 9.00. The first-order valence-corrected chi connectivity index (χ1v) is 3.83. The summed E-state index contributed by atoms with van der Waals surface area (Å²) in [5.41, 5.74) is 0.945. The number of halogens is 1. The molecule has 0 N–H and O–H groups in total. The Kier molecular flexibility index (Phi) is 2.22. The maximum atomic E-state index is 9.79. The topological polar surface area (TPSA) is 29.4 Å². The largest absolute Gasteiger partial charge is 0.241 e. The smallest absolute Gasteiger partial charge is 0.211 e. The van der Waals surface area contributed by atoms with Crippen LogP contribution in [0.15, 0.2) is 10.4 Å². The van der Waals surface area contributed by atoms with E-state index in [0.29, 0.717) is 10.0 Å². The van der Waals surface area contributed by atoms with Gasteiger partial charge in [0.25, 0.3) is 0 Å². The van der Waals surface area contributed by atoms with E-state index in [0.717, 1.165) is 5.56 Å². The third-order valence-corrected chi connectivity index (χ3v) is 2.61. The molecule has 0 aliphatic heterocycles. The molecule has 0 saturated heterocycles. The Bertz CT molecular complexity index is 288. The van der Waals surface area contributed by atoms with Crippen LogP contribution in [0.3, 0.4) is 0 Å². The highest BCUT2D eigenvalue weighted by Crippen LogP contribution is 2.34. The van der Waals surface area contributed by atoms with Crippen LogP contribution in [0.25, 0.3) is 0 Å². The second kappa shape index (κ2) is 2.97. The lowest BCUT2D eigenvalue weighted by atomic mass is 10.4. The van der Waals surface area contributed by atoms with Gasteiger partial charge in [-0.1, -0.05) is 11.6 Å². The molecule has 0 aliphatic rings. The molecular weight excluding hydrogens is 170 g/mol. The molecule has 0 aromatic carbocycles. The van der Waals surface area contributed by atoms with Crippen LogP contribution in [0.5, 0.6) is 0 Å². The molecule has 1 rings (SSSR count). The number of rotatable bonds is 1. The van der Waals surface area contributed by atoms with Gasteiger partial charge in [-0.05, 0) is 17.9 Å². The lowest BCUT2D eigenvalue weighted by Crippen LogP contribution is -1.60. The van der Waals surface area contributed by atoms with Gasteiger partial charge in [0.2, 0.25) is 6.08 Å². The maximum absolute atomic E-state index is 9.79. The quantitative estimate of drug-likeness (QED) is 0.474. The second-order valence-corrected chi connectivity index (χ2v) is 2.98. The number of hydrogen-bond acceptors (Lipinski definition) is 3. The minimum Gasteiger partial charge on any atom is -0.211 e. The van der Waals surface area contributed by atoms with Crippen LogP contribution < -0.4 is 0 Å². The second-order valence-electron chi connectivity index (χ2n) is 1.74. The van der Waals surface area contributed by atoms with Crippen molar-refractivity contribution >= 4 is 34.0 Å². The summed E-state index contributed by atoms with van der Waals surface area (Å²) < 4.78 is 0. The Labute approximate surface area is 67.2 Å². The summed E-state index contributed by atoms with van der Waals surface area (Å²) in [4.78, 5) is 13.2. The molecule has 0 amide bonds. The molecule has 0 bridgehead atoms. The van der Waals surface area contributed by atoms with Crippen LogP contribution in [-0.2, 0) is 4.79 Å². The molecule has 1 heterocycles. The lowest BCUT2D eigenvalue weighted by Gasteiger charge is -1.83. The van der Waals surface area contributed by atoms with Gasteiger partial charge in [0.1, 0.15) is 5.00 Å². The molecule has 0 saturated carbocycles. The molecule has 1 aromatic heterocycles. The van der Waals surface area contributed by atoms with Crippen molar-refractivity contribution in [3.63, 3.8) is 0 Å². The third-order valence-electron chi connectivity index (χ3n) is 1.03. The summed E-state index contributed by atoms with van der Waals surface area (Å²) in [6, 6.07) is 0. The van der Waals surface area contributed by atoms with Crippen LogP contribution in [0.1, 0.15) is 5.56 Å². The first-order valence-electron chi connectivity index (χ1n) is 2.57. The van der Waals surface area contributed by atoms with E-state index in [9.17, 15) is 4.79 Å². The highest BCUT2D eigenvalue weighted by molar-refractivity contribution is 7.14. The van der Waals surface area contributed by atoms with E-state index >= 15 is 0 Å². The number of isocyanates is 1. The van der Waals surface area contributed by atoms with Crippen LogP contribution in [0.4, 0.5) is 5.00 Å². The first kappa shape index (κ1) is 7.48. The Morgan fingerprint density at radius 1 is 1.80 bits per heavy atom. The van der Waals surface area contributed by atoms with Gasteiger partial charge in [-0.2, -0.15) is 4.99 Å². The first-order chi connectivity index (χ1) is 4.75. The Morgan fingerprint density at radius 2 is 2.50 bits per heavy atom. The summed E-state index contributed by atoms with van der Waals surface area (Å²) in [6.07, 6.45) is 1.44. The van der Waals surface area contributed by atoms with Gasteiger partial charge in [-0.3, -0.25) is 0 Å². The molecule has 0 unspecified atom stereocenters. The number of hydrogen-bond donors (Lipinski definition) is 0. The molecule has 10 heavy (non-hydrogen) atoms. The number of thiophene rings is 1. The minimum absolute atomic E-state index is 0.536. The van der Waals surface area contributed by atoms with E-state index in [1.807, 2.05) is 12.3 Å². The monoisotopic (exact) mass is 173 g/mol. The molecule has 1 aromatic rings. The molecule has 0 atom stereocenters. The molecule has 0 fully saturated rings. The van der Waals surface area contributed by atoms with E-state index in [1.165, 1.54) is 17.4 Å². The average molecular weight is 174 g/mol. The highest BCUT2D eigenvalue weighted by atomic mass is 35.5. The van der Waals surface area contributed by atoms with Gasteiger partial charge in [0.15, 0.2) is 0 Å². The summed E-state index contributed by atoms with van der Waals surface area (Å²) in [7, 11) is 0. The fraction of sp³-hybridized carbons (Fsp3) is 0.167. The standard InChI is InChI=1S/C6H4ClNOS/c1-4-2-10-6(5(4)7)8-3-9/h2H,1H3. The lowest BCUT2D eigenvalue weighted by molar-refractivity contribution is 0.565. The SMILES string of the molecule is Cc1csc(N=C=O)c1Cl. The molecule has 52 valence electrons. The van der Waals surface area contributed by atoms with Crippen molar-refractivity contribution in [2.24, 2.45) is 4.99 Å². The van der Waals surface area contributed by atoms with E-state index in [2.05, 4.69) is 4.99 Å². The molecular formula is C6H4ClNOS. The number of aliphatic imine (C=N–C) groups is 1. The van der Waals surface area contributed by atoms with Crippen molar-refractivity contribution in [3.8, 4) is 0 Å². The Balaban J connectivity index is 3.17. The average Bonchev–Trinajstić information content (AvgIpc) is 2.20. The fourth-order valence-corrected chi connectivity index (χ4v) is 1.59. The highest BCUT2D eigenvalue weighted by Gasteiger charge is 2.03. The zero-order valence-electron chi connectivity index (χ0n) is 5.22. The van der Waals surface area contributed by atoms with Gasteiger partial charge in [0, 0.05) is 0 Å². The fourth-order valence-electron chi connectivity index (χ4n) is 0.533. The van der Waals surface area contributed by atoms with E-state index < -0.39 is 0 Å². The zero-order chi connectivity index (χ0) is 7.56. The Hall–Kier alpha value is -0.630.